The highest BCUT2D eigenvalue weighted by Gasteiger charge is 2.20. The molecular weight excluding hydrogens is 308 g/mol. The first-order valence-corrected chi connectivity index (χ1v) is 8.95. The molecule has 0 spiro atoms. The van der Waals surface area contributed by atoms with Gasteiger partial charge in [-0.15, -0.1) is 0 Å². The Bertz CT molecular complexity index is 838. The molecule has 0 aliphatic carbocycles. The smallest absolute Gasteiger partial charge is 0.235 e. The molecule has 1 aromatic carbocycles. The van der Waals surface area contributed by atoms with Gasteiger partial charge in [0.2, 0.25) is 10.0 Å². The zero-order chi connectivity index (χ0) is 14.9. The summed E-state index contributed by atoms with van der Waals surface area (Å²) in [6.45, 7) is 0. The highest BCUT2D eigenvalue weighted by molar-refractivity contribution is 7.92. The summed E-state index contributed by atoms with van der Waals surface area (Å²) in [5, 5.41) is 8.49. The van der Waals surface area contributed by atoms with Crippen molar-refractivity contribution in [1.82, 2.24) is 5.16 Å². The van der Waals surface area contributed by atoms with Crippen LogP contribution in [0.25, 0.3) is 11.0 Å². The zero-order valence-electron chi connectivity index (χ0n) is 11.4. The molecule has 0 aliphatic heterocycles. The van der Waals surface area contributed by atoms with Gasteiger partial charge in [-0.3, -0.25) is 4.31 Å². The van der Waals surface area contributed by atoms with Gasteiger partial charge in [0, 0.05) is 24.2 Å². The number of para-hydroxylation sites is 1. The summed E-state index contributed by atoms with van der Waals surface area (Å²) in [6, 6.07) is 9.23. The molecule has 3 rings (SSSR count). The first-order valence-electron chi connectivity index (χ1n) is 6.40. The van der Waals surface area contributed by atoms with Gasteiger partial charge in [-0.05, 0) is 23.6 Å². The van der Waals surface area contributed by atoms with Gasteiger partial charge in [-0.25, -0.2) is 8.42 Å². The maximum atomic E-state index is 12.3. The van der Waals surface area contributed by atoms with Crippen molar-refractivity contribution in [2.75, 3.05) is 17.1 Å². The van der Waals surface area contributed by atoms with Crippen LogP contribution >= 0.6 is 11.3 Å². The number of rotatable bonds is 5. The number of hydrogen-bond donors (Lipinski definition) is 0. The van der Waals surface area contributed by atoms with Crippen LogP contribution in [-0.4, -0.2) is 26.4 Å². The third kappa shape index (κ3) is 2.79. The molecule has 21 heavy (non-hydrogen) atoms. The van der Waals surface area contributed by atoms with Crippen LogP contribution in [0, 0.1) is 0 Å². The van der Waals surface area contributed by atoms with Crippen LogP contribution in [0.15, 0.2) is 45.6 Å². The number of fused-ring (bicyclic) bond motifs is 1. The number of nitrogens with zero attached hydrogens (tertiary/aromatic N) is 2. The molecule has 5 nitrogen and oxygen atoms in total. The van der Waals surface area contributed by atoms with Crippen LogP contribution in [0.3, 0.4) is 0 Å². The van der Waals surface area contributed by atoms with Gasteiger partial charge < -0.3 is 4.52 Å². The first-order chi connectivity index (χ1) is 10.1. The van der Waals surface area contributed by atoms with Crippen molar-refractivity contribution in [2.45, 2.75) is 6.42 Å². The number of benzene rings is 1. The van der Waals surface area contributed by atoms with Gasteiger partial charge >= 0.3 is 0 Å². The topological polar surface area (TPSA) is 63.4 Å². The number of sulfonamides is 1. The first kappa shape index (κ1) is 14.1. The Hall–Kier alpha value is -1.86. The third-order valence-electron chi connectivity index (χ3n) is 3.34. The van der Waals surface area contributed by atoms with Crippen molar-refractivity contribution in [3.05, 3.63) is 46.8 Å². The molecule has 7 heteroatoms. The fraction of sp³-hybridized carbons (Fsp3) is 0.214. The summed E-state index contributed by atoms with van der Waals surface area (Å²) >= 11 is 1.47. The molecule has 0 unspecified atom stereocenters. The minimum atomic E-state index is -3.37. The monoisotopic (exact) mass is 322 g/mol. The molecule has 0 atom stereocenters. The van der Waals surface area contributed by atoms with Gasteiger partial charge in [-0.2, -0.15) is 11.3 Å². The lowest BCUT2D eigenvalue weighted by molar-refractivity contribution is 0.447. The molecule has 3 aromatic rings. The van der Waals surface area contributed by atoms with E-state index in [1.165, 1.54) is 15.6 Å². The predicted octanol–water partition coefficient (Wildman–Crippen LogP) is 2.90. The van der Waals surface area contributed by atoms with Gasteiger partial charge in [0.15, 0.2) is 5.58 Å². The summed E-state index contributed by atoms with van der Waals surface area (Å²) in [7, 11) is -1.80. The summed E-state index contributed by atoms with van der Waals surface area (Å²) in [5.41, 5.74) is 2.04. The van der Waals surface area contributed by atoms with Crippen LogP contribution in [-0.2, 0) is 16.4 Å². The van der Waals surface area contributed by atoms with E-state index in [0.29, 0.717) is 23.4 Å². The minimum Gasteiger partial charge on any atom is -0.356 e. The molecule has 0 radical (unpaired) electrons. The Labute approximate surface area is 126 Å². The zero-order valence-corrected chi connectivity index (χ0v) is 13.0. The largest absolute Gasteiger partial charge is 0.356 e. The second-order valence-electron chi connectivity index (χ2n) is 4.64. The fourth-order valence-corrected chi connectivity index (χ4v) is 3.98. The molecule has 0 saturated carbocycles. The van der Waals surface area contributed by atoms with Gasteiger partial charge in [0.1, 0.15) is 0 Å². The fourth-order valence-electron chi connectivity index (χ4n) is 2.08. The number of hydrogen-bond acceptors (Lipinski definition) is 5. The Kier molecular flexibility index (Phi) is 3.69. The van der Waals surface area contributed by atoms with E-state index in [1.807, 2.05) is 35.0 Å². The molecular formula is C14H14N2O3S2. The van der Waals surface area contributed by atoms with E-state index in [0.717, 1.165) is 5.39 Å². The predicted molar refractivity (Wildman–Crippen MR) is 84.2 cm³/mol. The summed E-state index contributed by atoms with van der Waals surface area (Å²) < 4.78 is 31.2. The summed E-state index contributed by atoms with van der Waals surface area (Å²) in [5.74, 6) is -0.00409. The molecule has 0 aliphatic rings. The van der Waals surface area contributed by atoms with Crippen LogP contribution in [0.4, 0.5) is 5.69 Å². The number of aromatic nitrogens is 1. The SMILES string of the molecule is CN(c1ccsc1)S(=O)(=O)CCc1noc2ccccc12. The van der Waals surface area contributed by atoms with E-state index >= 15 is 0 Å². The van der Waals surface area contributed by atoms with Crippen molar-refractivity contribution >= 4 is 38.0 Å². The van der Waals surface area contributed by atoms with Gasteiger partial charge in [0.25, 0.3) is 0 Å². The van der Waals surface area contributed by atoms with Crippen molar-refractivity contribution in [1.29, 1.82) is 0 Å². The average Bonchev–Trinajstić information content (AvgIpc) is 3.14. The molecule has 0 N–H and O–H groups in total. The molecule has 2 aromatic heterocycles. The Morgan fingerprint density at radius 2 is 2.10 bits per heavy atom. The van der Waals surface area contributed by atoms with E-state index in [-0.39, 0.29) is 5.75 Å². The van der Waals surface area contributed by atoms with E-state index in [9.17, 15) is 8.42 Å². The number of thiophene rings is 1. The Morgan fingerprint density at radius 3 is 2.86 bits per heavy atom. The highest BCUT2D eigenvalue weighted by atomic mass is 32.2. The quantitative estimate of drug-likeness (QED) is 0.724. The van der Waals surface area contributed by atoms with Gasteiger partial charge in [0.05, 0.1) is 17.1 Å². The minimum absolute atomic E-state index is 0.00409. The summed E-state index contributed by atoms with van der Waals surface area (Å²) in [4.78, 5) is 0. The van der Waals surface area contributed by atoms with Crippen LogP contribution in [0.5, 0.6) is 0 Å². The van der Waals surface area contributed by atoms with Crippen LogP contribution in [0.2, 0.25) is 0 Å². The van der Waals surface area contributed by atoms with E-state index in [1.54, 1.807) is 13.1 Å². The second-order valence-corrected chi connectivity index (χ2v) is 7.54. The van der Waals surface area contributed by atoms with Gasteiger partial charge in [-0.1, -0.05) is 17.3 Å². The standard InChI is InChI=1S/C14H14N2O3S2/c1-16(11-6-8-20-10-11)21(17,18)9-7-13-12-4-2-3-5-14(12)19-15-13/h2-6,8,10H,7,9H2,1H3. The maximum Gasteiger partial charge on any atom is 0.235 e. The average molecular weight is 322 g/mol. The third-order valence-corrected chi connectivity index (χ3v) is 5.77. The van der Waals surface area contributed by atoms with Crippen molar-refractivity contribution in [3.63, 3.8) is 0 Å². The number of aryl methyl sites for hydroxylation is 1. The molecule has 0 bridgehead atoms. The second kappa shape index (κ2) is 5.50. The van der Waals surface area contributed by atoms with Crippen molar-refractivity contribution in [2.24, 2.45) is 0 Å². The van der Waals surface area contributed by atoms with E-state index in [4.69, 9.17) is 4.52 Å². The van der Waals surface area contributed by atoms with Crippen molar-refractivity contribution < 1.29 is 12.9 Å². The Morgan fingerprint density at radius 1 is 1.29 bits per heavy atom. The maximum absolute atomic E-state index is 12.3. The molecule has 0 saturated heterocycles. The highest BCUT2D eigenvalue weighted by Crippen LogP contribution is 2.22. The molecule has 2 heterocycles. The number of anilines is 1. The molecule has 0 amide bonds. The molecule has 110 valence electrons. The Balaban J connectivity index is 1.78. The normalized spacial score (nSPS) is 11.9. The van der Waals surface area contributed by atoms with E-state index < -0.39 is 10.0 Å². The lowest BCUT2D eigenvalue weighted by Gasteiger charge is -2.17. The van der Waals surface area contributed by atoms with Crippen LogP contribution in [0.1, 0.15) is 5.69 Å². The lowest BCUT2D eigenvalue weighted by atomic mass is 10.2. The summed E-state index contributed by atoms with van der Waals surface area (Å²) in [6.07, 6.45) is 0.327. The van der Waals surface area contributed by atoms with Crippen molar-refractivity contribution in [3.8, 4) is 0 Å². The van der Waals surface area contributed by atoms with Crippen LogP contribution < -0.4 is 4.31 Å². The lowest BCUT2D eigenvalue weighted by Crippen LogP contribution is -2.29. The van der Waals surface area contributed by atoms with E-state index in [2.05, 4.69) is 5.16 Å². The molecule has 0 fully saturated rings.